The lowest BCUT2D eigenvalue weighted by Crippen LogP contribution is -2.17. The quantitative estimate of drug-likeness (QED) is 0.290. The molecule has 0 aromatic heterocycles. The highest BCUT2D eigenvalue weighted by Crippen LogP contribution is 2.00. The van der Waals surface area contributed by atoms with Crippen LogP contribution in [-0.4, -0.2) is 13.3 Å². The van der Waals surface area contributed by atoms with Crippen molar-refractivity contribution in [2.75, 3.05) is 0 Å². The van der Waals surface area contributed by atoms with Gasteiger partial charge in [0.05, 0.1) is 0 Å². The van der Waals surface area contributed by atoms with Crippen LogP contribution in [0.2, 0.25) is 13.1 Å². The van der Waals surface area contributed by atoms with E-state index < -0.39 is 7.38 Å². The first-order valence-corrected chi connectivity index (χ1v) is 5.80. The Morgan fingerprint density at radius 1 is 1.67 bits per heavy atom. The molecule has 0 radical (unpaired) electrons. The highest BCUT2D eigenvalue weighted by atomic mass is 35.6. The summed E-state index contributed by atoms with van der Waals surface area (Å²) in [6.45, 7) is 3.56. The Labute approximate surface area is 43.0 Å². The largest absolute Gasteiger partial charge is 0.307 e. The second kappa shape index (κ2) is 1.75. The van der Waals surface area contributed by atoms with Crippen molar-refractivity contribution in [1.29, 1.82) is 0 Å². The third kappa shape index (κ3) is 4.18. The van der Waals surface area contributed by atoms with Gasteiger partial charge in [-0.2, -0.15) is 11.1 Å². The normalized spacial score (nSPS) is 11.2. The van der Waals surface area contributed by atoms with Crippen LogP contribution in [0.15, 0.2) is 0 Å². The smallest absolute Gasteiger partial charge is 0.219 e. The lowest BCUT2D eigenvalue weighted by Gasteiger charge is -1.95. The predicted molar refractivity (Wildman–Crippen MR) is 30.1 cm³/mol. The van der Waals surface area contributed by atoms with E-state index in [9.17, 15) is 4.79 Å². The second-order valence-corrected chi connectivity index (χ2v) is 7.97. The number of hydrogen-bond donors (Lipinski definition) is 0. The minimum atomic E-state index is -1.84. The molecule has 0 aromatic rings. The van der Waals surface area contributed by atoms with E-state index in [0.29, 0.717) is 0 Å². The van der Waals surface area contributed by atoms with Crippen molar-refractivity contribution in [1.82, 2.24) is 0 Å². The first-order chi connectivity index (χ1) is 2.56. The third-order valence-corrected chi connectivity index (χ3v) is 1.11. The maximum atomic E-state index is 9.76. The van der Waals surface area contributed by atoms with Crippen LogP contribution >= 0.6 is 11.1 Å². The van der Waals surface area contributed by atoms with Gasteiger partial charge >= 0.3 is 0 Å². The van der Waals surface area contributed by atoms with Crippen LogP contribution in [0.25, 0.3) is 0 Å². The fraction of sp³-hybridized carbons (Fsp3) is 0.667. The van der Waals surface area contributed by atoms with Crippen molar-refractivity contribution in [3.8, 4) is 0 Å². The molecule has 0 unspecified atom stereocenters. The van der Waals surface area contributed by atoms with Gasteiger partial charge in [0.25, 0.3) is 0 Å². The van der Waals surface area contributed by atoms with E-state index in [2.05, 4.69) is 0 Å². The topological polar surface area (TPSA) is 17.1 Å². The average molecular weight is 123 g/mol. The zero-order valence-corrected chi connectivity index (χ0v) is 5.62. The highest BCUT2D eigenvalue weighted by Gasteiger charge is 2.13. The fourth-order valence-electron chi connectivity index (χ4n) is 0. The van der Waals surface area contributed by atoms with E-state index in [1.165, 1.54) is 0 Å². The molecule has 0 fully saturated rings. The van der Waals surface area contributed by atoms with Gasteiger partial charge in [0.1, 0.15) is 5.91 Å². The second-order valence-electron chi connectivity index (χ2n) is 1.68. The molecule has 0 atom stereocenters. The summed E-state index contributed by atoms with van der Waals surface area (Å²) in [7, 11) is -1.84. The van der Waals surface area contributed by atoms with E-state index in [1.54, 1.807) is 13.1 Å². The zero-order chi connectivity index (χ0) is 5.21. The Balaban J connectivity index is 3.45. The Hall–Kier alpha value is 0.177. The molecule has 0 saturated carbocycles. The molecule has 0 N–H and O–H groups in total. The fourth-order valence-corrected chi connectivity index (χ4v) is 0. The molecule has 1 nitrogen and oxygen atoms in total. The molecule has 3 heteroatoms. The van der Waals surface area contributed by atoms with Crippen LogP contribution in [0.3, 0.4) is 0 Å². The standard InChI is InChI=1S/C3H7ClOSi/c1-6(2,4)3-5/h3H,1-2H3. The molecular formula is C3H7ClOSi. The van der Waals surface area contributed by atoms with Gasteiger partial charge in [-0.25, -0.2) is 0 Å². The summed E-state index contributed by atoms with van der Waals surface area (Å²) in [5.74, 6) is 0.842. The number of halogens is 1. The first-order valence-electron chi connectivity index (χ1n) is 1.71. The molecule has 0 aliphatic carbocycles. The van der Waals surface area contributed by atoms with Crippen molar-refractivity contribution in [3.05, 3.63) is 0 Å². The minimum Gasteiger partial charge on any atom is -0.307 e. The van der Waals surface area contributed by atoms with E-state index in [4.69, 9.17) is 11.1 Å². The summed E-state index contributed by atoms with van der Waals surface area (Å²) < 4.78 is 0. The lowest BCUT2D eigenvalue weighted by atomic mass is 11.8. The summed E-state index contributed by atoms with van der Waals surface area (Å²) in [4.78, 5) is 9.76. The van der Waals surface area contributed by atoms with E-state index in [-0.39, 0.29) is 0 Å². The third-order valence-electron chi connectivity index (χ3n) is 0.280. The number of hydrogen-bond acceptors (Lipinski definition) is 1. The molecule has 0 aliphatic rings. The number of carbonyl (C=O) groups is 1. The Kier molecular flexibility index (Phi) is 1.81. The molecular weight excluding hydrogens is 116 g/mol. The molecule has 0 saturated heterocycles. The van der Waals surface area contributed by atoms with Crippen LogP contribution in [-0.2, 0) is 4.79 Å². The van der Waals surface area contributed by atoms with E-state index >= 15 is 0 Å². The molecule has 36 valence electrons. The summed E-state index contributed by atoms with van der Waals surface area (Å²) in [5.41, 5.74) is 0. The number of rotatable bonds is 1. The average Bonchev–Trinajstić information content (AvgIpc) is 1.35. The van der Waals surface area contributed by atoms with Crippen LogP contribution in [0.5, 0.6) is 0 Å². The van der Waals surface area contributed by atoms with Gasteiger partial charge < -0.3 is 4.79 Å². The minimum absolute atomic E-state index is 0.842. The summed E-state index contributed by atoms with van der Waals surface area (Å²) in [6.07, 6.45) is 0. The zero-order valence-electron chi connectivity index (χ0n) is 3.86. The van der Waals surface area contributed by atoms with Crippen LogP contribution < -0.4 is 0 Å². The van der Waals surface area contributed by atoms with E-state index in [1.807, 2.05) is 0 Å². The Morgan fingerprint density at radius 3 is 1.83 bits per heavy atom. The Morgan fingerprint density at radius 2 is 1.83 bits per heavy atom. The van der Waals surface area contributed by atoms with Crippen molar-refractivity contribution in [2.45, 2.75) is 13.1 Å². The highest BCUT2D eigenvalue weighted by molar-refractivity contribution is 7.32. The Bertz CT molecular complexity index is 56.3. The molecule has 0 amide bonds. The van der Waals surface area contributed by atoms with Gasteiger partial charge in [-0.3, -0.25) is 0 Å². The molecule has 0 bridgehead atoms. The molecule has 6 heavy (non-hydrogen) atoms. The van der Waals surface area contributed by atoms with Crippen LogP contribution in [0, 0.1) is 0 Å². The lowest BCUT2D eigenvalue weighted by molar-refractivity contribution is 0.567. The molecule has 0 heterocycles. The molecule has 0 spiro atoms. The van der Waals surface area contributed by atoms with Gasteiger partial charge in [-0.05, 0) is 13.1 Å². The van der Waals surface area contributed by atoms with Crippen molar-refractivity contribution < 1.29 is 4.79 Å². The summed E-state index contributed by atoms with van der Waals surface area (Å²) in [6, 6.07) is 0. The summed E-state index contributed by atoms with van der Waals surface area (Å²) >= 11 is 5.49. The van der Waals surface area contributed by atoms with Gasteiger partial charge in [-0.1, -0.05) is 0 Å². The number of carbonyl (C=O) groups excluding carboxylic acids is 1. The van der Waals surface area contributed by atoms with Gasteiger partial charge in [0.2, 0.25) is 7.38 Å². The van der Waals surface area contributed by atoms with Crippen molar-refractivity contribution in [3.63, 3.8) is 0 Å². The van der Waals surface area contributed by atoms with Gasteiger partial charge in [0, 0.05) is 0 Å². The monoisotopic (exact) mass is 122 g/mol. The first kappa shape index (κ1) is 6.18. The predicted octanol–water partition coefficient (Wildman–Crippen LogP) is 1.20. The molecule has 0 aromatic carbocycles. The summed E-state index contributed by atoms with van der Waals surface area (Å²) in [5, 5.41) is 0. The SMILES string of the molecule is C[Si](C)(Cl)C=O. The molecule has 0 aliphatic heterocycles. The van der Waals surface area contributed by atoms with E-state index in [0.717, 1.165) is 5.91 Å². The van der Waals surface area contributed by atoms with Crippen LogP contribution in [0.1, 0.15) is 0 Å². The van der Waals surface area contributed by atoms with Crippen molar-refractivity contribution in [2.24, 2.45) is 0 Å². The van der Waals surface area contributed by atoms with Gasteiger partial charge in [0.15, 0.2) is 0 Å². The van der Waals surface area contributed by atoms with Crippen molar-refractivity contribution >= 4 is 24.4 Å². The van der Waals surface area contributed by atoms with Crippen LogP contribution in [0.4, 0.5) is 0 Å². The maximum absolute atomic E-state index is 9.76. The van der Waals surface area contributed by atoms with Gasteiger partial charge in [-0.15, -0.1) is 0 Å². The maximum Gasteiger partial charge on any atom is 0.219 e. The molecule has 0 rings (SSSR count).